The first-order valence-electron chi connectivity index (χ1n) is 6.42. The van der Waals surface area contributed by atoms with Gasteiger partial charge in [-0.2, -0.15) is 14.6 Å². The summed E-state index contributed by atoms with van der Waals surface area (Å²) in [6, 6.07) is 2.85. The van der Waals surface area contributed by atoms with Crippen LogP contribution < -0.4 is 11.1 Å². The van der Waals surface area contributed by atoms with E-state index in [4.69, 9.17) is 5.73 Å². The summed E-state index contributed by atoms with van der Waals surface area (Å²) in [5, 5.41) is 7.73. The second-order valence-corrected chi connectivity index (χ2v) is 5.01. The number of nitrogens with zero attached hydrogens (tertiary/aromatic N) is 4. The fourth-order valence-corrected chi connectivity index (χ4v) is 2.51. The summed E-state index contributed by atoms with van der Waals surface area (Å²) < 4.78 is 1.75. The van der Waals surface area contributed by atoms with E-state index >= 15 is 0 Å². The summed E-state index contributed by atoms with van der Waals surface area (Å²) in [7, 11) is 0. The second kappa shape index (κ2) is 4.53. The summed E-state index contributed by atoms with van der Waals surface area (Å²) in [4.78, 5) is 8.46. The van der Waals surface area contributed by atoms with Crippen molar-refractivity contribution >= 4 is 11.6 Å². The maximum absolute atomic E-state index is 5.92. The molecule has 0 spiro atoms. The van der Waals surface area contributed by atoms with Crippen molar-refractivity contribution in [2.24, 2.45) is 5.73 Å². The highest BCUT2D eigenvalue weighted by atomic mass is 15.4. The van der Waals surface area contributed by atoms with Crippen LogP contribution in [0.4, 0.5) is 5.82 Å². The summed E-state index contributed by atoms with van der Waals surface area (Å²) in [6.45, 7) is 1.97. The Bertz CT molecular complexity index is 540. The molecule has 0 amide bonds. The molecule has 2 heterocycles. The smallest absolute Gasteiger partial charge is 0.254 e. The van der Waals surface area contributed by atoms with Crippen LogP contribution in [0.1, 0.15) is 31.4 Å². The van der Waals surface area contributed by atoms with Crippen molar-refractivity contribution in [2.75, 3.05) is 5.32 Å². The molecule has 6 heteroatoms. The Kier molecular flexibility index (Phi) is 2.87. The standard InChI is InChI=1S/C12H18N6/c1-8-6-11(18-12(16-8)14-7-15-18)17-10-4-2-9(13)3-5-10/h6-7,9-10,17H,2-5,13H2,1H3. The molecule has 96 valence electrons. The van der Waals surface area contributed by atoms with Crippen LogP contribution in [0.3, 0.4) is 0 Å². The van der Waals surface area contributed by atoms with Gasteiger partial charge in [0, 0.05) is 23.8 Å². The summed E-state index contributed by atoms with van der Waals surface area (Å²) in [6.07, 6.45) is 5.92. The number of fused-ring (bicyclic) bond motifs is 1. The lowest BCUT2D eigenvalue weighted by Gasteiger charge is -2.27. The van der Waals surface area contributed by atoms with Crippen molar-refractivity contribution in [1.82, 2.24) is 19.6 Å². The van der Waals surface area contributed by atoms with Crippen molar-refractivity contribution in [1.29, 1.82) is 0 Å². The van der Waals surface area contributed by atoms with E-state index in [2.05, 4.69) is 20.4 Å². The highest BCUT2D eigenvalue weighted by Crippen LogP contribution is 2.21. The Hall–Kier alpha value is -1.69. The van der Waals surface area contributed by atoms with Gasteiger partial charge in [0.05, 0.1) is 0 Å². The number of aromatic nitrogens is 4. The Labute approximate surface area is 106 Å². The van der Waals surface area contributed by atoms with Gasteiger partial charge in [-0.05, 0) is 32.6 Å². The van der Waals surface area contributed by atoms with E-state index in [-0.39, 0.29) is 0 Å². The van der Waals surface area contributed by atoms with E-state index in [1.54, 1.807) is 4.52 Å². The SMILES string of the molecule is Cc1cc(NC2CCC(N)CC2)n2ncnc2n1. The average molecular weight is 246 g/mol. The van der Waals surface area contributed by atoms with Gasteiger partial charge in [0.25, 0.3) is 5.78 Å². The molecule has 0 unspecified atom stereocenters. The maximum atomic E-state index is 5.92. The second-order valence-electron chi connectivity index (χ2n) is 5.01. The van der Waals surface area contributed by atoms with Crippen molar-refractivity contribution in [2.45, 2.75) is 44.7 Å². The molecule has 1 saturated carbocycles. The lowest BCUT2D eigenvalue weighted by molar-refractivity contribution is 0.410. The minimum atomic E-state index is 0.369. The third kappa shape index (κ3) is 2.15. The molecule has 0 atom stereocenters. The molecule has 1 aliphatic rings. The first-order valence-corrected chi connectivity index (χ1v) is 6.42. The molecule has 0 radical (unpaired) electrons. The Balaban J connectivity index is 1.83. The third-order valence-corrected chi connectivity index (χ3v) is 3.50. The molecule has 2 aromatic heterocycles. The van der Waals surface area contributed by atoms with Crippen molar-refractivity contribution in [3.63, 3.8) is 0 Å². The maximum Gasteiger partial charge on any atom is 0.254 e. The van der Waals surface area contributed by atoms with E-state index < -0.39 is 0 Å². The van der Waals surface area contributed by atoms with Gasteiger partial charge >= 0.3 is 0 Å². The first kappa shape index (κ1) is 11.4. The zero-order chi connectivity index (χ0) is 12.5. The molecule has 1 fully saturated rings. The molecule has 0 bridgehead atoms. The van der Waals surface area contributed by atoms with Gasteiger partial charge < -0.3 is 11.1 Å². The van der Waals surface area contributed by atoms with Crippen molar-refractivity contribution in [3.05, 3.63) is 18.1 Å². The molecule has 3 N–H and O–H groups in total. The quantitative estimate of drug-likeness (QED) is 0.829. The number of anilines is 1. The fraction of sp³-hybridized carbons (Fsp3) is 0.583. The molecule has 6 nitrogen and oxygen atoms in total. The van der Waals surface area contributed by atoms with Gasteiger partial charge in [0.1, 0.15) is 12.1 Å². The number of rotatable bonds is 2. The molecular weight excluding hydrogens is 228 g/mol. The average Bonchev–Trinajstić information content (AvgIpc) is 2.80. The molecule has 0 saturated heterocycles. The Morgan fingerprint density at radius 2 is 2.11 bits per heavy atom. The van der Waals surface area contributed by atoms with E-state index in [0.717, 1.165) is 37.2 Å². The van der Waals surface area contributed by atoms with E-state index in [0.29, 0.717) is 17.9 Å². The molecular formula is C12H18N6. The zero-order valence-corrected chi connectivity index (χ0v) is 10.5. The Morgan fingerprint density at radius 1 is 1.33 bits per heavy atom. The predicted molar refractivity (Wildman–Crippen MR) is 69.4 cm³/mol. The third-order valence-electron chi connectivity index (χ3n) is 3.50. The van der Waals surface area contributed by atoms with Gasteiger partial charge in [-0.3, -0.25) is 0 Å². The number of nitrogens with one attached hydrogen (secondary N) is 1. The van der Waals surface area contributed by atoms with E-state index in [1.165, 1.54) is 6.33 Å². The van der Waals surface area contributed by atoms with Gasteiger partial charge in [-0.1, -0.05) is 0 Å². The van der Waals surface area contributed by atoms with Gasteiger partial charge in [0.2, 0.25) is 0 Å². The molecule has 3 rings (SSSR count). The normalized spacial score (nSPS) is 24.3. The predicted octanol–water partition coefficient (Wildman–Crippen LogP) is 1.11. The molecule has 0 aliphatic heterocycles. The minimum absolute atomic E-state index is 0.369. The lowest BCUT2D eigenvalue weighted by atomic mass is 9.92. The van der Waals surface area contributed by atoms with E-state index in [9.17, 15) is 0 Å². The van der Waals surface area contributed by atoms with Crippen LogP contribution in [0, 0.1) is 6.92 Å². The van der Waals surface area contributed by atoms with Crippen LogP contribution in [0.15, 0.2) is 12.4 Å². The minimum Gasteiger partial charge on any atom is -0.367 e. The number of hydrogen-bond donors (Lipinski definition) is 2. The number of hydrogen-bond acceptors (Lipinski definition) is 5. The molecule has 2 aromatic rings. The van der Waals surface area contributed by atoms with Crippen LogP contribution in [0.25, 0.3) is 5.78 Å². The van der Waals surface area contributed by atoms with Crippen molar-refractivity contribution in [3.8, 4) is 0 Å². The monoisotopic (exact) mass is 246 g/mol. The van der Waals surface area contributed by atoms with Crippen molar-refractivity contribution < 1.29 is 0 Å². The van der Waals surface area contributed by atoms with Gasteiger partial charge in [-0.15, -0.1) is 0 Å². The number of nitrogens with two attached hydrogens (primary N) is 1. The first-order chi connectivity index (χ1) is 8.72. The van der Waals surface area contributed by atoms with Crippen LogP contribution >= 0.6 is 0 Å². The van der Waals surface area contributed by atoms with Gasteiger partial charge in [-0.25, -0.2) is 4.98 Å². The highest BCUT2D eigenvalue weighted by Gasteiger charge is 2.19. The van der Waals surface area contributed by atoms with E-state index in [1.807, 2.05) is 13.0 Å². The largest absolute Gasteiger partial charge is 0.367 e. The topological polar surface area (TPSA) is 81.1 Å². The number of aryl methyl sites for hydroxylation is 1. The Morgan fingerprint density at radius 3 is 2.89 bits per heavy atom. The van der Waals surface area contributed by atoms with Crippen LogP contribution in [-0.2, 0) is 0 Å². The lowest BCUT2D eigenvalue weighted by Crippen LogP contribution is -2.33. The summed E-state index contributed by atoms with van der Waals surface area (Å²) >= 11 is 0. The molecule has 1 aliphatic carbocycles. The molecule has 18 heavy (non-hydrogen) atoms. The zero-order valence-electron chi connectivity index (χ0n) is 10.5. The summed E-state index contributed by atoms with van der Waals surface area (Å²) in [5.74, 6) is 1.61. The summed E-state index contributed by atoms with van der Waals surface area (Å²) in [5.41, 5.74) is 6.87. The fourth-order valence-electron chi connectivity index (χ4n) is 2.51. The van der Waals surface area contributed by atoms with Gasteiger partial charge in [0.15, 0.2) is 0 Å². The van der Waals surface area contributed by atoms with Crippen LogP contribution in [-0.4, -0.2) is 31.7 Å². The highest BCUT2D eigenvalue weighted by molar-refractivity contribution is 5.45. The molecule has 0 aromatic carbocycles. The van der Waals surface area contributed by atoms with Crippen LogP contribution in [0.5, 0.6) is 0 Å². The van der Waals surface area contributed by atoms with Crippen LogP contribution in [0.2, 0.25) is 0 Å².